The summed E-state index contributed by atoms with van der Waals surface area (Å²) in [5, 5.41) is 0. The van der Waals surface area contributed by atoms with Crippen LogP contribution in [0.2, 0.25) is 0 Å². The standard InChI is InChI=1S/C55H37N/c1-4-18-38(19-5-1)43-24-10-12-26-45(43)40-32-34-53-51(36-40)55(49-30-16-14-28-47(49)48-29-15-17-31-50(48)55)52-37-41(33-35-54(52)56(53)42-22-8-3-9-23-42)46-27-13-11-25-44(46)39-20-6-2-7-21-39/h1-37H/i1D,2D,3D,4D,5D,6D,7D,8D,9D,10D,11D,12D,13D,14D,15D,16D,17D,18D,19D,20D,21D,22D,23D,24D,25D,26D,27D,28D,29D,30D,31D,32D,33D,34D,35D. The zero-order valence-corrected chi connectivity index (χ0v) is 28.1. The summed E-state index contributed by atoms with van der Waals surface area (Å²) in [6.45, 7) is 0. The Balaban J connectivity index is 1.51. The Hall–Kier alpha value is -7.22. The molecular weight excluding hydrogens is 675 g/mol. The van der Waals surface area contributed by atoms with Gasteiger partial charge in [0, 0.05) is 5.69 Å². The molecule has 0 N–H and O–H groups in total. The van der Waals surface area contributed by atoms with E-state index in [4.69, 9.17) is 26.0 Å². The molecular formula is C55H37N. The summed E-state index contributed by atoms with van der Waals surface area (Å²) in [6, 6.07) is -36.4. The van der Waals surface area contributed by atoms with Gasteiger partial charge in [-0.3, -0.25) is 0 Å². The summed E-state index contributed by atoms with van der Waals surface area (Å²) >= 11 is 0. The lowest BCUT2D eigenvalue weighted by Crippen LogP contribution is -2.36. The van der Waals surface area contributed by atoms with E-state index in [1.165, 1.54) is 0 Å². The van der Waals surface area contributed by atoms with Crippen LogP contribution in [0.25, 0.3) is 55.6 Å². The molecule has 9 aromatic carbocycles. The van der Waals surface area contributed by atoms with E-state index in [0.717, 1.165) is 12.1 Å². The topological polar surface area (TPSA) is 3.24 Å². The maximum atomic E-state index is 10.3. The second-order valence-electron chi connectivity index (χ2n) is 12.2. The van der Waals surface area contributed by atoms with Crippen molar-refractivity contribution in [1.29, 1.82) is 0 Å². The van der Waals surface area contributed by atoms with Gasteiger partial charge in [-0.05, 0) is 114 Å². The third-order valence-electron chi connectivity index (χ3n) is 9.47. The van der Waals surface area contributed by atoms with Crippen molar-refractivity contribution in [3.8, 4) is 55.6 Å². The summed E-state index contributed by atoms with van der Waals surface area (Å²) < 4.78 is 323. The third-order valence-corrected chi connectivity index (χ3v) is 9.47. The molecule has 262 valence electrons. The molecule has 11 rings (SSSR count). The van der Waals surface area contributed by atoms with Crippen molar-refractivity contribution in [2.24, 2.45) is 0 Å². The quantitative estimate of drug-likeness (QED) is 0.169. The van der Waals surface area contributed by atoms with E-state index in [-0.39, 0.29) is 0 Å². The van der Waals surface area contributed by atoms with Crippen LogP contribution in [0.15, 0.2) is 224 Å². The lowest BCUT2D eigenvalue weighted by atomic mass is 9.64. The largest absolute Gasteiger partial charge is 0.310 e. The van der Waals surface area contributed by atoms with E-state index in [1.54, 1.807) is 0 Å². The van der Waals surface area contributed by atoms with Crippen LogP contribution in [0.5, 0.6) is 0 Å². The fourth-order valence-electron chi connectivity index (χ4n) is 7.29. The molecule has 1 aliphatic heterocycles. The maximum absolute atomic E-state index is 10.3. The van der Waals surface area contributed by atoms with Gasteiger partial charge >= 0.3 is 0 Å². The molecule has 0 saturated carbocycles. The lowest BCUT2D eigenvalue weighted by Gasteiger charge is -2.45. The number of rotatable bonds is 5. The average molecular weight is 747 g/mol. The van der Waals surface area contributed by atoms with E-state index >= 15 is 0 Å². The number of anilines is 3. The molecule has 2 aliphatic rings. The molecule has 1 heteroatoms. The van der Waals surface area contributed by atoms with Crippen LogP contribution in [0.4, 0.5) is 17.1 Å². The molecule has 0 unspecified atom stereocenters. The third kappa shape index (κ3) is 4.81. The zero-order valence-electron chi connectivity index (χ0n) is 63.1. The first kappa shape index (κ1) is 12.7. The van der Waals surface area contributed by atoms with Gasteiger partial charge in [0.25, 0.3) is 0 Å². The van der Waals surface area contributed by atoms with Crippen molar-refractivity contribution < 1.29 is 48.0 Å². The first-order valence-corrected chi connectivity index (χ1v) is 16.6. The fourth-order valence-corrected chi connectivity index (χ4v) is 7.29. The van der Waals surface area contributed by atoms with Gasteiger partial charge in [0.2, 0.25) is 0 Å². The summed E-state index contributed by atoms with van der Waals surface area (Å²) in [7, 11) is 0. The minimum atomic E-state index is -3.17. The van der Waals surface area contributed by atoms with E-state index in [1.807, 2.05) is 0 Å². The molecule has 0 saturated heterocycles. The van der Waals surface area contributed by atoms with Crippen LogP contribution in [-0.4, -0.2) is 0 Å². The van der Waals surface area contributed by atoms with Crippen LogP contribution >= 0.6 is 0 Å². The van der Waals surface area contributed by atoms with Gasteiger partial charge < -0.3 is 4.90 Å². The number of nitrogens with zero attached hydrogens (tertiary/aromatic N) is 1. The molecule has 9 aromatic rings. The smallest absolute Gasteiger partial charge is 0.0754 e. The number of para-hydroxylation sites is 1. The number of benzene rings is 9. The van der Waals surface area contributed by atoms with Gasteiger partial charge in [-0.15, -0.1) is 0 Å². The predicted octanol–water partition coefficient (Wildman–Crippen LogP) is 14.5. The number of hydrogen-bond donors (Lipinski definition) is 0. The highest BCUT2D eigenvalue weighted by Crippen LogP contribution is 2.64. The average Bonchev–Trinajstić information content (AvgIpc) is 1.57. The molecule has 1 heterocycles. The molecule has 1 spiro atoms. The maximum Gasteiger partial charge on any atom is 0.0754 e. The minimum Gasteiger partial charge on any atom is -0.310 e. The van der Waals surface area contributed by atoms with E-state index in [2.05, 4.69) is 0 Å². The Morgan fingerprint density at radius 1 is 0.286 bits per heavy atom. The fraction of sp³-hybridized carbons (Fsp3) is 0.0182. The Kier molecular flexibility index (Phi) is 2.93. The van der Waals surface area contributed by atoms with Crippen LogP contribution in [0, 0.1) is 0 Å². The van der Waals surface area contributed by atoms with Crippen molar-refractivity contribution in [2.45, 2.75) is 5.41 Å². The first-order chi connectivity index (χ1) is 42.3. The Morgan fingerprint density at radius 2 is 0.625 bits per heavy atom. The van der Waals surface area contributed by atoms with Crippen molar-refractivity contribution in [3.63, 3.8) is 0 Å². The summed E-state index contributed by atoms with van der Waals surface area (Å²) in [5.74, 6) is 0. The van der Waals surface area contributed by atoms with Crippen molar-refractivity contribution in [3.05, 3.63) is 246 Å². The second-order valence-corrected chi connectivity index (χ2v) is 12.2. The van der Waals surface area contributed by atoms with Crippen LogP contribution in [-0.2, 0) is 5.41 Å². The highest BCUT2D eigenvalue weighted by atomic mass is 15.2. The molecule has 0 radical (unpaired) electrons. The van der Waals surface area contributed by atoms with Gasteiger partial charge in [0.05, 0.1) is 64.8 Å². The zero-order chi connectivity index (χ0) is 67.5. The van der Waals surface area contributed by atoms with Crippen LogP contribution < -0.4 is 4.90 Å². The van der Waals surface area contributed by atoms with Crippen LogP contribution in [0.1, 0.15) is 70.2 Å². The van der Waals surface area contributed by atoms with Crippen molar-refractivity contribution >= 4 is 17.1 Å². The minimum absolute atomic E-state index is 0.604. The van der Waals surface area contributed by atoms with Gasteiger partial charge in [-0.1, -0.05) is 187 Å². The first-order valence-electron chi connectivity index (χ1n) is 34.1. The number of fused-ring (bicyclic) bond motifs is 9. The molecule has 0 atom stereocenters. The molecule has 0 amide bonds. The van der Waals surface area contributed by atoms with E-state index < -0.39 is 312 Å². The van der Waals surface area contributed by atoms with Gasteiger partial charge in [0.15, 0.2) is 0 Å². The Morgan fingerprint density at radius 3 is 1.05 bits per heavy atom. The van der Waals surface area contributed by atoms with Gasteiger partial charge in [-0.2, -0.15) is 0 Å². The Bertz CT molecular complexity index is 4600. The molecule has 0 fully saturated rings. The molecule has 0 aromatic heterocycles. The monoisotopic (exact) mass is 747 g/mol. The van der Waals surface area contributed by atoms with Gasteiger partial charge in [-0.25, -0.2) is 0 Å². The van der Waals surface area contributed by atoms with Crippen LogP contribution in [0.3, 0.4) is 0 Å². The Labute approximate surface area is 377 Å². The van der Waals surface area contributed by atoms with Gasteiger partial charge in [0.1, 0.15) is 0 Å². The van der Waals surface area contributed by atoms with Crippen molar-refractivity contribution in [1.82, 2.24) is 0 Å². The molecule has 1 aliphatic carbocycles. The predicted molar refractivity (Wildman–Crippen MR) is 234 cm³/mol. The van der Waals surface area contributed by atoms with Crippen molar-refractivity contribution in [2.75, 3.05) is 4.90 Å². The molecule has 0 bridgehead atoms. The second kappa shape index (κ2) is 13.0. The highest BCUT2D eigenvalue weighted by Gasteiger charge is 2.52. The molecule has 56 heavy (non-hydrogen) atoms. The van der Waals surface area contributed by atoms with E-state index in [0.29, 0.717) is 4.90 Å². The van der Waals surface area contributed by atoms with E-state index in [9.17, 15) is 21.9 Å². The summed E-state index contributed by atoms with van der Waals surface area (Å²) in [4.78, 5) is 0.604. The lowest BCUT2D eigenvalue weighted by molar-refractivity contribution is 0.753. The molecule has 1 nitrogen and oxygen atoms in total. The highest BCUT2D eigenvalue weighted by molar-refractivity contribution is 5.98. The number of hydrogen-bond acceptors (Lipinski definition) is 1. The normalized spacial score (nSPS) is 21.9. The summed E-state index contributed by atoms with van der Waals surface area (Å²) in [6.07, 6.45) is 0. The summed E-state index contributed by atoms with van der Waals surface area (Å²) in [5.41, 5.74) is -18.1. The SMILES string of the molecule is [2H]c1c(-c2c([2H])c([2H])c([2H])c([2H])c2-c2c([2H])c([2H])c([2H])c([2H])c2[2H])cc2c(c1[2H])N(c1c([2H])c([2H])c([2H])c([2H])c1[2H])c1c(cc(-c3c([2H])c([2H])c([2H])c([2H])c3-c3c([2H])c([2H])c([2H])c([2H])c3[2H])c([2H])c1[2H])C21c2c([2H])c([2H])c([2H])c([2H])c2-c2c([2H])c([2H])c([2H])c([2H])c21.